The van der Waals surface area contributed by atoms with Crippen molar-refractivity contribution >= 4 is 0 Å². The molecule has 7 nitrogen and oxygen atoms in total. The standard InChI is InChI=1S/C23H23N3O4/c1-25-20(27)24-26(21(25)28)9-6-7-22-17-12-10(29-2)4-5-11(30-3)13(12)18-15-14(17)16(15)19(22)23(18,22)8-9/h4-7,9,14-19H,8H2,1-3H3,(H,24,27)/t9-,14+,15-,16-,17-,18+,19-,22+,23+/m0/s1. The molecule has 0 aliphatic heterocycles. The number of nitrogens with zero attached hydrogens (tertiary/aromatic N) is 2. The Morgan fingerprint density at radius 1 is 1.03 bits per heavy atom. The summed E-state index contributed by atoms with van der Waals surface area (Å²) in [5.41, 5.74) is 2.51. The summed E-state index contributed by atoms with van der Waals surface area (Å²) >= 11 is 0. The number of hydrogen-bond donors (Lipinski definition) is 1. The Labute approximate surface area is 172 Å². The van der Waals surface area contributed by atoms with Crippen LogP contribution in [0.15, 0.2) is 33.9 Å². The predicted octanol–water partition coefficient (Wildman–Crippen LogP) is 1.77. The second kappa shape index (κ2) is 4.34. The summed E-state index contributed by atoms with van der Waals surface area (Å²) in [6.07, 6.45) is 5.52. The first kappa shape index (κ1) is 16.1. The predicted molar refractivity (Wildman–Crippen MR) is 107 cm³/mol. The van der Waals surface area contributed by atoms with Crippen molar-refractivity contribution < 1.29 is 9.47 Å². The van der Waals surface area contributed by atoms with Crippen molar-refractivity contribution in [1.82, 2.24) is 14.3 Å². The summed E-state index contributed by atoms with van der Waals surface area (Å²) < 4.78 is 14.4. The molecule has 0 saturated heterocycles. The lowest BCUT2D eigenvalue weighted by molar-refractivity contribution is 0.131. The van der Waals surface area contributed by atoms with Crippen LogP contribution in [0.1, 0.15) is 35.4 Å². The first-order chi connectivity index (χ1) is 14.5. The zero-order valence-electron chi connectivity index (χ0n) is 17.1. The van der Waals surface area contributed by atoms with E-state index in [0.29, 0.717) is 17.8 Å². The van der Waals surface area contributed by atoms with Gasteiger partial charge in [0.1, 0.15) is 11.5 Å². The minimum absolute atomic E-state index is 0.0973. The molecule has 1 N–H and O–H groups in total. The van der Waals surface area contributed by atoms with Crippen LogP contribution in [-0.4, -0.2) is 28.6 Å². The normalized spacial score (nSPS) is 46.4. The van der Waals surface area contributed by atoms with Gasteiger partial charge in [0.2, 0.25) is 0 Å². The van der Waals surface area contributed by atoms with Gasteiger partial charge < -0.3 is 9.47 Å². The summed E-state index contributed by atoms with van der Waals surface area (Å²) in [5, 5.41) is 2.77. The number of hydrogen-bond acceptors (Lipinski definition) is 4. The lowest BCUT2D eigenvalue weighted by Gasteiger charge is -2.50. The van der Waals surface area contributed by atoms with Crippen molar-refractivity contribution in [2.24, 2.45) is 41.5 Å². The highest BCUT2D eigenvalue weighted by Gasteiger charge is 3.01. The molecule has 0 amide bonds. The van der Waals surface area contributed by atoms with Crippen LogP contribution >= 0.6 is 0 Å². The Kier molecular flexibility index (Phi) is 2.32. The van der Waals surface area contributed by atoms with E-state index in [9.17, 15) is 9.59 Å². The molecule has 2 spiro atoms. The van der Waals surface area contributed by atoms with Crippen molar-refractivity contribution in [2.75, 3.05) is 14.2 Å². The Bertz CT molecular complexity index is 1330. The second-order valence-electron chi connectivity index (χ2n) is 10.2. The molecule has 9 atom stereocenters. The molecule has 7 aliphatic carbocycles. The van der Waals surface area contributed by atoms with Gasteiger partial charge in [-0.15, -0.1) is 0 Å². The van der Waals surface area contributed by atoms with E-state index in [1.807, 2.05) is 0 Å². The van der Waals surface area contributed by atoms with Gasteiger partial charge in [-0.2, -0.15) is 0 Å². The second-order valence-corrected chi connectivity index (χ2v) is 10.2. The smallest absolute Gasteiger partial charge is 0.347 e. The Morgan fingerprint density at radius 3 is 2.33 bits per heavy atom. The van der Waals surface area contributed by atoms with Gasteiger partial charge in [-0.25, -0.2) is 23.9 Å². The molecule has 4 fully saturated rings. The maximum atomic E-state index is 12.6. The molecule has 1 aromatic carbocycles. The number of nitrogens with one attached hydrogen (secondary N) is 1. The maximum Gasteiger partial charge on any atom is 0.347 e. The van der Waals surface area contributed by atoms with Crippen LogP contribution in [0.25, 0.3) is 0 Å². The van der Waals surface area contributed by atoms with Gasteiger partial charge >= 0.3 is 11.4 Å². The number of aromatic nitrogens is 3. The first-order valence-electron chi connectivity index (χ1n) is 10.8. The average molecular weight is 405 g/mol. The molecule has 1 aromatic heterocycles. The molecule has 9 rings (SSSR count). The molecular weight excluding hydrogens is 382 g/mol. The number of rotatable bonds is 3. The number of H-pyrrole nitrogens is 1. The summed E-state index contributed by atoms with van der Waals surface area (Å²) in [5.74, 6) is 5.93. The van der Waals surface area contributed by atoms with Crippen LogP contribution < -0.4 is 20.9 Å². The molecule has 2 aromatic rings. The molecule has 0 radical (unpaired) electrons. The van der Waals surface area contributed by atoms with Crippen molar-refractivity contribution in [3.63, 3.8) is 0 Å². The number of methoxy groups -OCH3 is 2. The van der Waals surface area contributed by atoms with Gasteiger partial charge in [-0.1, -0.05) is 12.2 Å². The first-order valence-corrected chi connectivity index (χ1v) is 10.8. The monoisotopic (exact) mass is 405 g/mol. The summed E-state index contributed by atoms with van der Waals surface area (Å²) in [6.45, 7) is 0. The van der Waals surface area contributed by atoms with Gasteiger partial charge in [-0.05, 0) is 53.6 Å². The highest BCUT2D eigenvalue weighted by Crippen LogP contribution is 3.06. The SMILES string of the molecule is COc1ccc(OC)c2c1[C@@H]1[C@H]3[C@@H]4[C@@H]3[C@H]3[C@@]5(C=C[C@H](n6[nH]c(=O)n(C)c6=O)C[C@@]135)[C@@H]24. The zero-order chi connectivity index (χ0) is 20.3. The number of aromatic amines is 1. The van der Waals surface area contributed by atoms with Crippen molar-refractivity contribution in [3.05, 3.63) is 56.4 Å². The fourth-order valence-corrected chi connectivity index (χ4v) is 9.46. The van der Waals surface area contributed by atoms with Crippen LogP contribution in [0.2, 0.25) is 0 Å². The van der Waals surface area contributed by atoms with Crippen molar-refractivity contribution in [1.29, 1.82) is 0 Å². The van der Waals surface area contributed by atoms with Gasteiger partial charge in [0.25, 0.3) is 0 Å². The van der Waals surface area contributed by atoms with E-state index < -0.39 is 0 Å². The Balaban J connectivity index is 1.35. The molecule has 1 heterocycles. The number of benzene rings is 1. The maximum absolute atomic E-state index is 12.6. The molecule has 7 aliphatic rings. The van der Waals surface area contributed by atoms with E-state index in [1.54, 1.807) is 14.2 Å². The third-order valence-corrected chi connectivity index (χ3v) is 9.96. The van der Waals surface area contributed by atoms with Crippen molar-refractivity contribution in [3.8, 4) is 11.5 Å². The molecule has 7 heteroatoms. The average Bonchev–Trinajstić information content (AvgIpc) is 3.53. The van der Waals surface area contributed by atoms with E-state index in [2.05, 4.69) is 29.4 Å². The van der Waals surface area contributed by atoms with E-state index in [1.165, 1.54) is 22.9 Å². The molecule has 30 heavy (non-hydrogen) atoms. The Morgan fingerprint density at radius 2 is 1.70 bits per heavy atom. The molecule has 0 unspecified atom stereocenters. The lowest BCUT2D eigenvalue weighted by Crippen LogP contribution is -2.43. The highest BCUT2D eigenvalue weighted by molar-refractivity contribution is 5.70. The van der Waals surface area contributed by atoms with Crippen LogP contribution in [0.3, 0.4) is 0 Å². The van der Waals surface area contributed by atoms with E-state index in [4.69, 9.17) is 9.47 Å². The molecule has 4 saturated carbocycles. The number of ether oxygens (including phenoxy) is 2. The summed E-state index contributed by atoms with van der Waals surface area (Å²) in [7, 11) is 5.06. The fourth-order valence-electron chi connectivity index (χ4n) is 9.46. The molecule has 2 bridgehead atoms. The van der Waals surface area contributed by atoms with Crippen LogP contribution in [0, 0.1) is 34.5 Å². The summed E-state index contributed by atoms with van der Waals surface area (Å²) in [6, 6.07) is 4.02. The van der Waals surface area contributed by atoms with E-state index in [-0.39, 0.29) is 28.3 Å². The molecular formula is C23H23N3O4. The van der Waals surface area contributed by atoms with Gasteiger partial charge in [0.15, 0.2) is 0 Å². The van der Waals surface area contributed by atoms with Gasteiger partial charge in [0.05, 0.1) is 20.3 Å². The highest BCUT2D eigenvalue weighted by atomic mass is 16.5. The molecule has 154 valence electrons. The Hall–Kier alpha value is -2.70. The largest absolute Gasteiger partial charge is 0.496 e. The fraction of sp³-hybridized carbons (Fsp3) is 0.565. The van der Waals surface area contributed by atoms with E-state index in [0.717, 1.165) is 40.2 Å². The van der Waals surface area contributed by atoms with Crippen LogP contribution in [0.5, 0.6) is 11.5 Å². The topological polar surface area (TPSA) is 78.2 Å². The third kappa shape index (κ3) is 1.23. The van der Waals surface area contributed by atoms with Crippen LogP contribution in [0.4, 0.5) is 0 Å². The quantitative estimate of drug-likeness (QED) is 0.790. The van der Waals surface area contributed by atoms with E-state index >= 15 is 0 Å². The third-order valence-electron chi connectivity index (χ3n) is 9.96. The number of allylic oxidation sites excluding steroid dienone is 2. The zero-order valence-corrected chi connectivity index (χ0v) is 17.1. The van der Waals surface area contributed by atoms with Crippen molar-refractivity contribution in [2.45, 2.75) is 24.3 Å². The van der Waals surface area contributed by atoms with Gasteiger partial charge in [-0.3, -0.25) is 0 Å². The summed E-state index contributed by atoms with van der Waals surface area (Å²) in [4.78, 5) is 24.7. The minimum atomic E-state index is -0.352. The van der Waals surface area contributed by atoms with Crippen LogP contribution in [-0.2, 0) is 7.05 Å². The minimum Gasteiger partial charge on any atom is -0.496 e. The van der Waals surface area contributed by atoms with Gasteiger partial charge in [0, 0.05) is 29.5 Å². The lowest BCUT2D eigenvalue weighted by atomic mass is 9.53.